The molecule has 1 aliphatic heterocycles. The van der Waals surface area contributed by atoms with E-state index in [-0.39, 0.29) is 5.91 Å². The van der Waals surface area contributed by atoms with Gasteiger partial charge in [-0.3, -0.25) is 9.69 Å². The number of nitrogens with one attached hydrogen (secondary N) is 1. The number of carbonyl (C=O) groups excluding carboxylic acids is 3. The number of hydrogen-bond acceptors (Lipinski definition) is 5. The van der Waals surface area contributed by atoms with Gasteiger partial charge in [0.25, 0.3) is 0 Å². The number of likely N-dealkylation sites (tertiary alicyclic amines) is 1. The van der Waals surface area contributed by atoms with E-state index >= 15 is 0 Å². The number of hydrogen-bond donors (Lipinski definition) is 1. The molecule has 1 saturated heterocycles. The highest BCUT2D eigenvalue weighted by Gasteiger charge is 2.40. The van der Waals surface area contributed by atoms with Crippen molar-refractivity contribution in [2.45, 2.75) is 64.6 Å². The fraction of sp³-hybridized carbons (Fsp3) is 0.800. The molecule has 0 bridgehead atoms. The molecular formula is C15H26N2O5. The summed E-state index contributed by atoms with van der Waals surface area (Å²) in [4.78, 5) is 37.6. The third-order valence-corrected chi connectivity index (χ3v) is 3.31. The first kappa shape index (κ1) is 18.3. The summed E-state index contributed by atoms with van der Waals surface area (Å²) in [6.07, 6.45) is 0.749. The molecule has 7 nitrogen and oxygen atoms in total. The molecule has 0 aromatic carbocycles. The average molecular weight is 314 g/mol. The first-order valence-electron chi connectivity index (χ1n) is 7.38. The molecule has 0 saturated carbocycles. The lowest BCUT2D eigenvalue weighted by atomic mass is 10.0. The van der Waals surface area contributed by atoms with Crippen molar-refractivity contribution in [3.05, 3.63) is 0 Å². The number of ether oxygens (including phenoxy) is 2. The molecule has 1 fully saturated rings. The summed E-state index contributed by atoms with van der Waals surface area (Å²) in [6, 6.07) is -0.626. The summed E-state index contributed by atoms with van der Waals surface area (Å²) < 4.78 is 9.98. The Bertz CT molecular complexity index is 453. The summed E-state index contributed by atoms with van der Waals surface area (Å²) in [6.45, 7) is 8.90. The standard InChI is InChI=1S/C15H26N2O5/c1-14(2,3)22-13(20)17-9-7-8-10(17)11(18)16-15(4,5)12(19)21-6/h10H,7-9H2,1-6H3,(H,16,18)/t10-/m0/s1. The zero-order valence-corrected chi connectivity index (χ0v) is 14.2. The monoisotopic (exact) mass is 314 g/mol. The Morgan fingerprint density at radius 2 is 1.73 bits per heavy atom. The molecule has 22 heavy (non-hydrogen) atoms. The zero-order valence-electron chi connectivity index (χ0n) is 14.2. The van der Waals surface area contributed by atoms with Crippen LogP contribution in [0.5, 0.6) is 0 Å². The number of esters is 1. The zero-order chi connectivity index (χ0) is 17.1. The van der Waals surface area contributed by atoms with Gasteiger partial charge in [0, 0.05) is 6.54 Å². The summed E-state index contributed by atoms with van der Waals surface area (Å²) in [5.41, 5.74) is -1.76. The summed E-state index contributed by atoms with van der Waals surface area (Å²) in [5, 5.41) is 2.63. The third kappa shape index (κ3) is 4.61. The molecule has 0 aromatic heterocycles. The maximum Gasteiger partial charge on any atom is 0.410 e. The minimum absolute atomic E-state index is 0.376. The van der Waals surface area contributed by atoms with Crippen molar-refractivity contribution >= 4 is 18.0 Å². The van der Waals surface area contributed by atoms with Crippen molar-refractivity contribution in [3.8, 4) is 0 Å². The largest absolute Gasteiger partial charge is 0.467 e. The Balaban J connectivity index is 2.76. The van der Waals surface area contributed by atoms with E-state index in [2.05, 4.69) is 10.1 Å². The van der Waals surface area contributed by atoms with Gasteiger partial charge in [-0.2, -0.15) is 0 Å². The number of amides is 2. The third-order valence-electron chi connectivity index (χ3n) is 3.31. The molecule has 1 atom stereocenters. The van der Waals surface area contributed by atoms with Gasteiger partial charge in [0.1, 0.15) is 17.2 Å². The van der Waals surface area contributed by atoms with E-state index < -0.39 is 29.2 Å². The van der Waals surface area contributed by atoms with Gasteiger partial charge >= 0.3 is 12.1 Å². The van der Waals surface area contributed by atoms with Crippen LogP contribution in [0.3, 0.4) is 0 Å². The van der Waals surface area contributed by atoms with Crippen LogP contribution in [0.4, 0.5) is 4.79 Å². The van der Waals surface area contributed by atoms with Crippen molar-refractivity contribution < 1.29 is 23.9 Å². The molecule has 1 aliphatic rings. The van der Waals surface area contributed by atoms with Crippen LogP contribution in [0.2, 0.25) is 0 Å². The quantitative estimate of drug-likeness (QED) is 0.797. The number of methoxy groups -OCH3 is 1. The number of nitrogens with zero attached hydrogens (tertiary/aromatic N) is 1. The lowest BCUT2D eigenvalue weighted by Gasteiger charge is -2.30. The Hall–Kier alpha value is -1.79. The Kier molecular flexibility index (Phi) is 5.43. The highest BCUT2D eigenvalue weighted by atomic mass is 16.6. The maximum atomic E-state index is 12.4. The summed E-state index contributed by atoms with van der Waals surface area (Å²) in [7, 11) is 1.26. The van der Waals surface area contributed by atoms with Crippen LogP contribution in [-0.4, -0.2) is 53.7 Å². The lowest BCUT2D eigenvalue weighted by molar-refractivity contribution is -0.149. The smallest absolute Gasteiger partial charge is 0.410 e. The molecule has 0 unspecified atom stereocenters. The van der Waals surface area contributed by atoms with E-state index in [4.69, 9.17) is 4.74 Å². The Labute approximate surface area is 131 Å². The van der Waals surface area contributed by atoms with Gasteiger partial charge in [0.05, 0.1) is 7.11 Å². The Morgan fingerprint density at radius 3 is 2.23 bits per heavy atom. The molecule has 2 amide bonds. The Morgan fingerprint density at radius 1 is 1.14 bits per heavy atom. The van der Waals surface area contributed by atoms with E-state index in [9.17, 15) is 14.4 Å². The molecule has 126 valence electrons. The van der Waals surface area contributed by atoms with Crippen LogP contribution in [0.25, 0.3) is 0 Å². The van der Waals surface area contributed by atoms with Crippen LogP contribution in [0.1, 0.15) is 47.5 Å². The number of carbonyl (C=O) groups is 3. The van der Waals surface area contributed by atoms with E-state index in [0.29, 0.717) is 13.0 Å². The summed E-state index contributed by atoms with van der Waals surface area (Å²) in [5.74, 6) is -0.915. The van der Waals surface area contributed by atoms with Crippen molar-refractivity contribution in [1.82, 2.24) is 10.2 Å². The highest BCUT2D eigenvalue weighted by molar-refractivity contribution is 5.91. The molecule has 0 aromatic rings. The molecule has 0 aliphatic carbocycles. The molecule has 1 heterocycles. The highest BCUT2D eigenvalue weighted by Crippen LogP contribution is 2.21. The van der Waals surface area contributed by atoms with E-state index in [0.717, 1.165) is 6.42 Å². The van der Waals surface area contributed by atoms with Gasteiger partial charge in [0.2, 0.25) is 5.91 Å². The lowest BCUT2D eigenvalue weighted by Crippen LogP contribution is -2.56. The van der Waals surface area contributed by atoms with Gasteiger partial charge in [-0.25, -0.2) is 9.59 Å². The van der Waals surface area contributed by atoms with Gasteiger partial charge in [-0.15, -0.1) is 0 Å². The first-order valence-corrected chi connectivity index (χ1v) is 7.38. The predicted octanol–water partition coefficient (Wildman–Crippen LogP) is 1.45. The average Bonchev–Trinajstić information content (AvgIpc) is 2.84. The minimum atomic E-state index is -1.14. The molecule has 7 heteroatoms. The fourth-order valence-corrected chi connectivity index (χ4v) is 2.28. The van der Waals surface area contributed by atoms with E-state index in [1.807, 2.05) is 0 Å². The van der Waals surface area contributed by atoms with Crippen LogP contribution < -0.4 is 5.32 Å². The van der Waals surface area contributed by atoms with Crippen LogP contribution in [-0.2, 0) is 19.1 Å². The second-order valence-electron chi connectivity index (χ2n) is 6.94. The second-order valence-corrected chi connectivity index (χ2v) is 6.94. The van der Waals surface area contributed by atoms with Crippen LogP contribution >= 0.6 is 0 Å². The van der Waals surface area contributed by atoms with Crippen molar-refractivity contribution in [3.63, 3.8) is 0 Å². The second kappa shape index (κ2) is 6.54. The van der Waals surface area contributed by atoms with Gasteiger partial charge < -0.3 is 14.8 Å². The molecular weight excluding hydrogens is 288 g/mol. The summed E-state index contributed by atoms with van der Waals surface area (Å²) >= 11 is 0. The van der Waals surface area contributed by atoms with Gasteiger partial charge in [-0.1, -0.05) is 0 Å². The van der Waals surface area contributed by atoms with E-state index in [1.165, 1.54) is 12.0 Å². The topological polar surface area (TPSA) is 84.9 Å². The first-order chi connectivity index (χ1) is 9.98. The van der Waals surface area contributed by atoms with Crippen molar-refractivity contribution in [1.29, 1.82) is 0 Å². The molecule has 0 radical (unpaired) electrons. The van der Waals surface area contributed by atoms with Crippen LogP contribution in [0, 0.1) is 0 Å². The van der Waals surface area contributed by atoms with Gasteiger partial charge in [-0.05, 0) is 47.5 Å². The predicted molar refractivity (Wildman–Crippen MR) is 80.2 cm³/mol. The molecule has 0 spiro atoms. The SMILES string of the molecule is COC(=O)C(C)(C)NC(=O)[C@@H]1CCCN1C(=O)OC(C)(C)C. The van der Waals surface area contributed by atoms with Crippen molar-refractivity contribution in [2.24, 2.45) is 0 Å². The molecule has 1 N–H and O–H groups in total. The maximum absolute atomic E-state index is 12.4. The van der Waals surface area contributed by atoms with Crippen LogP contribution in [0.15, 0.2) is 0 Å². The fourth-order valence-electron chi connectivity index (χ4n) is 2.28. The van der Waals surface area contributed by atoms with Gasteiger partial charge in [0.15, 0.2) is 0 Å². The molecule has 1 rings (SSSR count). The van der Waals surface area contributed by atoms with Crippen molar-refractivity contribution in [2.75, 3.05) is 13.7 Å². The normalized spacial score (nSPS) is 18.8. The number of rotatable bonds is 3. The minimum Gasteiger partial charge on any atom is -0.467 e. The van der Waals surface area contributed by atoms with E-state index in [1.54, 1.807) is 34.6 Å².